The molecule has 0 saturated carbocycles. The molecule has 190 valence electrons. The number of anilines is 1. The van der Waals surface area contributed by atoms with Gasteiger partial charge in [0.1, 0.15) is 17.2 Å². The fraction of sp³-hybridized carbons (Fsp3) is 0.296. The molecule has 3 aromatic rings. The van der Waals surface area contributed by atoms with Gasteiger partial charge in [-0.2, -0.15) is 0 Å². The van der Waals surface area contributed by atoms with Crippen molar-refractivity contribution in [2.45, 2.75) is 37.8 Å². The van der Waals surface area contributed by atoms with Crippen molar-refractivity contribution < 1.29 is 27.4 Å². The third-order valence-corrected chi connectivity index (χ3v) is 7.94. The van der Waals surface area contributed by atoms with Crippen LogP contribution in [0.2, 0.25) is 0 Å². The summed E-state index contributed by atoms with van der Waals surface area (Å²) in [6.07, 6.45) is -1.06. The Morgan fingerprint density at radius 2 is 1.69 bits per heavy atom. The second-order valence-electron chi connectivity index (χ2n) is 8.77. The fourth-order valence-corrected chi connectivity index (χ4v) is 5.60. The van der Waals surface area contributed by atoms with Gasteiger partial charge in [-0.05, 0) is 68.8 Å². The van der Waals surface area contributed by atoms with Crippen molar-refractivity contribution in [3.05, 3.63) is 77.4 Å². The molecule has 1 amide bonds. The summed E-state index contributed by atoms with van der Waals surface area (Å²) in [5.41, 5.74) is 2.96. The number of benzene rings is 3. The Hall–Kier alpha value is -3.72. The average molecular weight is 511 g/mol. The van der Waals surface area contributed by atoms with Crippen molar-refractivity contribution in [1.29, 1.82) is 0 Å². The number of fused-ring (bicyclic) bond motifs is 1. The zero-order valence-corrected chi connectivity index (χ0v) is 21.8. The molecule has 0 saturated heterocycles. The summed E-state index contributed by atoms with van der Waals surface area (Å²) in [6, 6.07) is 16.8. The molecule has 0 aromatic heterocycles. The minimum absolute atomic E-state index is 0.148. The molecule has 1 aliphatic heterocycles. The number of hydrogen-bond donors (Lipinski definition) is 1. The van der Waals surface area contributed by atoms with Gasteiger partial charge in [-0.1, -0.05) is 23.8 Å². The zero-order valence-electron chi connectivity index (χ0n) is 20.9. The van der Waals surface area contributed by atoms with E-state index in [2.05, 4.69) is 5.32 Å². The van der Waals surface area contributed by atoms with Crippen LogP contribution < -0.4 is 23.8 Å². The number of nitrogens with one attached hydrogen (secondary N) is 1. The second kappa shape index (κ2) is 10.1. The summed E-state index contributed by atoms with van der Waals surface area (Å²) in [5, 5.41) is 2.94. The standard InChI is InChI=1S/C27H30N2O6S/c1-17-6-10-21(11-7-17)36(31,32)29-16-26(35-25-14-18(2)8-12-23(25)29)27(30)28-19(3)22-15-20(33-4)9-13-24(22)34-5/h6-15,19,26H,16H2,1-5H3,(H,28,30)/t19-,26+/m0/s1. The Labute approximate surface area is 211 Å². The van der Waals surface area contributed by atoms with Crippen LogP contribution in [0.15, 0.2) is 65.6 Å². The number of rotatable bonds is 7. The molecular formula is C27H30N2O6S. The van der Waals surface area contributed by atoms with E-state index in [9.17, 15) is 13.2 Å². The van der Waals surface area contributed by atoms with E-state index in [-0.39, 0.29) is 11.4 Å². The lowest BCUT2D eigenvalue weighted by Gasteiger charge is -2.35. The smallest absolute Gasteiger partial charge is 0.264 e. The molecular weight excluding hydrogens is 480 g/mol. The minimum Gasteiger partial charge on any atom is -0.497 e. The van der Waals surface area contributed by atoms with Crippen molar-refractivity contribution in [3.8, 4) is 17.2 Å². The molecule has 0 fully saturated rings. The van der Waals surface area contributed by atoms with Crippen molar-refractivity contribution in [2.75, 3.05) is 25.1 Å². The molecule has 1 heterocycles. The van der Waals surface area contributed by atoms with Gasteiger partial charge < -0.3 is 19.5 Å². The van der Waals surface area contributed by atoms with Gasteiger partial charge in [0.2, 0.25) is 0 Å². The van der Waals surface area contributed by atoms with Gasteiger partial charge in [0.15, 0.2) is 6.10 Å². The van der Waals surface area contributed by atoms with E-state index in [4.69, 9.17) is 14.2 Å². The monoisotopic (exact) mass is 510 g/mol. The molecule has 9 heteroatoms. The van der Waals surface area contributed by atoms with Gasteiger partial charge in [0.25, 0.3) is 15.9 Å². The average Bonchev–Trinajstić information content (AvgIpc) is 2.87. The van der Waals surface area contributed by atoms with Gasteiger partial charge in [-0.3, -0.25) is 9.10 Å². The lowest BCUT2D eigenvalue weighted by molar-refractivity contribution is -0.128. The third-order valence-electron chi connectivity index (χ3n) is 6.15. The first-order valence-corrected chi connectivity index (χ1v) is 13.0. The summed E-state index contributed by atoms with van der Waals surface area (Å²) in [7, 11) is -0.820. The molecule has 0 unspecified atom stereocenters. The molecule has 0 spiro atoms. The van der Waals surface area contributed by atoms with Crippen LogP contribution in [0, 0.1) is 13.8 Å². The summed E-state index contributed by atoms with van der Waals surface area (Å²) < 4.78 is 45.3. The molecule has 3 aromatic carbocycles. The first kappa shape index (κ1) is 25.4. The van der Waals surface area contributed by atoms with Gasteiger partial charge in [-0.15, -0.1) is 0 Å². The number of sulfonamides is 1. The highest BCUT2D eigenvalue weighted by molar-refractivity contribution is 7.92. The molecule has 1 aliphatic rings. The first-order valence-electron chi connectivity index (χ1n) is 11.5. The third kappa shape index (κ3) is 4.97. The second-order valence-corrected chi connectivity index (χ2v) is 10.6. The highest BCUT2D eigenvalue weighted by atomic mass is 32.2. The minimum atomic E-state index is -3.93. The van der Waals surface area contributed by atoms with Crippen LogP contribution in [-0.4, -0.2) is 41.2 Å². The molecule has 2 atom stereocenters. The molecule has 4 rings (SSSR count). The maximum absolute atomic E-state index is 13.6. The first-order chi connectivity index (χ1) is 17.1. The molecule has 1 N–H and O–H groups in total. The Morgan fingerprint density at radius 3 is 2.36 bits per heavy atom. The van der Waals surface area contributed by atoms with Crippen molar-refractivity contribution in [3.63, 3.8) is 0 Å². The van der Waals surface area contributed by atoms with Gasteiger partial charge in [0, 0.05) is 5.56 Å². The molecule has 8 nitrogen and oxygen atoms in total. The van der Waals surface area contributed by atoms with Gasteiger partial charge in [-0.25, -0.2) is 8.42 Å². The lowest BCUT2D eigenvalue weighted by Crippen LogP contribution is -2.51. The number of hydrogen-bond acceptors (Lipinski definition) is 6. The van der Waals surface area contributed by atoms with Crippen LogP contribution >= 0.6 is 0 Å². The number of ether oxygens (including phenoxy) is 3. The molecule has 36 heavy (non-hydrogen) atoms. The normalized spacial score (nSPS) is 15.9. The molecule has 0 aliphatic carbocycles. The van der Waals surface area contributed by atoms with Gasteiger partial charge >= 0.3 is 0 Å². The Balaban J connectivity index is 1.65. The number of methoxy groups -OCH3 is 2. The van der Waals surface area contributed by atoms with Crippen molar-refractivity contribution >= 4 is 21.6 Å². The van der Waals surface area contributed by atoms with Crippen LogP contribution in [0.25, 0.3) is 0 Å². The van der Waals surface area contributed by atoms with E-state index in [1.54, 1.807) is 68.8 Å². The summed E-state index contributed by atoms with van der Waals surface area (Å²) in [4.78, 5) is 13.5. The quantitative estimate of drug-likeness (QED) is 0.513. The Kier molecular flexibility index (Phi) is 7.12. The van der Waals surface area contributed by atoms with Crippen molar-refractivity contribution in [1.82, 2.24) is 5.32 Å². The fourth-order valence-electron chi connectivity index (χ4n) is 4.12. The highest BCUT2D eigenvalue weighted by Gasteiger charge is 2.38. The van der Waals surface area contributed by atoms with E-state index in [0.29, 0.717) is 22.9 Å². The maximum Gasteiger partial charge on any atom is 0.264 e. The van der Waals surface area contributed by atoms with E-state index in [0.717, 1.165) is 16.7 Å². The molecule has 0 bridgehead atoms. The predicted molar refractivity (Wildman–Crippen MR) is 137 cm³/mol. The lowest BCUT2D eigenvalue weighted by atomic mass is 10.1. The van der Waals surface area contributed by atoms with Gasteiger partial charge in [0.05, 0.1) is 37.4 Å². The Bertz CT molecular complexity index is 1370. The number of carbonyl (C=O) groups excluding carboxylic acids is 1. The van der Waals surface area contributed by atoms with E-state index < -0.39 is 28.1 Å². The van der Waals surface area contributed by atoms with Crippen LogP contribution in [0.1, 0.15) is 29.7 Å². The highest BCUT2D eigenvalue weighted by Crippen LogP contribution is 2.38. The number of nitrogens with zero attached hydrogens (tertiary/aromatic N) is 1. The molecule has 0 radical (unpaired) electrons. The number of aryl methyl sites for hydroxylation is 2. The van der Waals surface area contributed by atoms with E-state index in [1.807, 2.05) is 26.8 Å². The summed E-state index contributed by atoms with van der Waals surface area (Å²) in [6.45, 7) is 5.42. The number of amides is 1. The summed E-state index contributed by atoms with van der Waals surface area (Å²) >= 11 is 0. The maximum atomic E-state index is 13.6. The summed E-state index contributed by atoms with van der Waals surface area (Å²) in [5.74, 6) is 1.12. The number of carbonyl (C=O) groups is 1. The van der Waals surface area contributed by atoms with Crippen LogP contribution in [0.5, 0.6) is 17.2 Å². The van der Waals surface area contributed by atoms with E-state index >= 15 is 0 Å². The SMILES string of the molecule is COc1ccc(OC)c([C@H](C)NC(=O)[C@H]2CN(S(=O)(=O)c3ccc(C)cc3)c3ccc(C)cc3O2)c1. The predicted octanol–water partition coefficient (Wildman–Crippen LogP) is 4.15. The van der Waals surface area contributed by atoms with Crippen LogP contribution in [-0.2, 0) is 14.8 Å². The van der Waals surface area contributed by atoms with Crippen LogP contribution in [0.4, 0.5) is 5.69 Å². The van der Waals surface area contributed by atoms with Crippen LogP contribution in [0.3, 0.4) is 0 Å². The topological polar surface area (TPSA) is 94.2 Å². The zero-order chi connectivity index (χ0) is 26.0. The van der Waals surface area contributed by atoms with E-state index in [1.165, 1.54) is 4.31 Å². The largest absolute Gasteiger partial charge is 0.497 e. The van der Waals surface area contributed by atoms with Crippen molar-refractivity contribution in [2.24, 2.45) is 0 Å². The Morgan fingerprint density at radius 1 is 1.00 bits per heavy atom.